The molecule has 2 heterocycles. The molecular weight excluding hydrogens is 409 g/mol. The third-order valence-electron chi connectivity index (χ3n) is 4.85. The quantitative estimate of drug-likeness (QED) is 0.480. The Morgan fingerprint density at radius 2 is 1.69 bits per heavy atom. The normalized spacial score (nSPS) is 15.3. The second-order valence-electron chi connectivity index (χ2n) is 6.71. The Balaban J connectivity index is 1.75. The lowest BCUT2D eigenvalue weighted by Crippen LogP contribution is -2.35. The molecule has 1 N–H and O–H groups in total. The van der Waals surface area contributed by atoms with Crippen molar-refractivity contribution in [1.82, 2.24) is 9.99 Å². The molecule has 1 aliphatic heterocycles. The lowest BCUT2D eigenvalue weighted by Gasteiger charge is -2.13. The molecule has 1 saturated heterocycles. The van der Waals surface area contributed by atoms with Crippen LogP contribution in [0.3, 0.4) is 0 Å². The van der Waals surface area contributed by atoms with Gasteiger partial charge in [0.25, 0.3) is 11.8 Å². The number of nitrogens with one attached hydrogen (secondary N) is 1. The fourth-order valence-corrected chi connectivity index (χ4v) is 3.82. The number of amides is 2. The maximum atomic E-state index is 12.8. The fraction of sp³-hybridized carbons (Fsp3) is 0.0909. The Kier molecular flexibility index (Phi) is 4.94. The summed E-state index contributed by atoms with van der Waals surface area (Å²) in [5.41, 5.74) is 6.54. The number of rotatable bonds is 3. The zero-order valence-corrected chi connectivity index (χ0v) is 17.3. The predicted octanol–water partition coefficient (Wildman–Crippen LogP) is 4.86. The van der Waals surface area contributed by atoms with Crippen LogP contribution >= 0.6 is 23.2 Å². The molecule has 0 saturated carbocycles. The molecule has 2 aromatic carbocycles. The zero-order chi connectivity index (χ0) is 20.7. The standard InChI is InChI=1S/C22H17Cl2N3O2/c1-13-11-15(14(2)26(13)19-10-6-9-18(23)20(19)24)12-17-21(28)25-27(22(17)29)16-7-4-3-5-8-16/h3-12H,1-2H3,(H,25,28). The number of aromatic nitrogens is 1. The van der Waals surface area contributed by atoms with Crippen LogP contribution in [0.2, 0.25) is 10.0 Å². The number of hydrazine groups is 1. The Hall–Kier alpha value is -3.02. The molecule has 146 valence electrons. The van der Waals surface area contributed by atoms with E-state index in [0.29, 0.717) is 15.7 Å². The van der Waals surface area contributed by atoms with E-state index in [1.54, 1.807) is 36.4 Å². The Morgan fingerprint density at radius 3 is 2.41 bits per heavy atom. The number of hydrogen-bond acceptors (Lipinski definition) is 2. The molecule has 4 rings (SSSR count). The van der Waals surface area contributed by atoms with Crippen LogP contribution in [0.4, 0.5) is 5.69 Å². The van der Waals surface area contributed by atoms with Crippen molar-refractivity contribution in [3.05, 3.63) is 87.2 Å². The van der Waals surface area contributed by atoms with Gasteiger partial charge in [-0.25, -0.2) is 5.01 Å². The van der Waals surface area contributed by atoms with E-state index in [9.17, 15) is 9.59 Å². The minimum atomic E-state index is -0.440. The highest BCUT2D eigenvalue weighted by atomic mass is 35.5. The molecule has 0 atom stereocenters. The first-order valence-electron chi connectivity index (χ1n) is 8.94. The van der Waals surface area contributed by atoms with Crippen LogP contribution < -0.4 is 10.4 Å². The lowest BCUT2D eigenvalue weighted by molar-refractivity contribution is -0.117. The van der Waals surface area contributed by atoms with Crippen molar-refractivity contribution in [2.75, 3.05) is 5.01 Å². The van der Waals surface area contributed by atoms with Crippen molar-refractivity contribution in [3.63, 3.8) is 0 Å². The molecule has 0 aliphatic carbocycles. The first-order chi connectivity index (χ1) is 13.9. The van der Waals surface area contributed by atoms with Crippen molar-refractivity contribution in [2.24, 2.45) is 0 Å². The smallest absolute Gasteiger partial charge is 0.282 e. The Morgan fingerprint density at radius 1 is 0.966 bits per heavy atom. The van der Waals surface area contributed by atoms with Gasteiger partial charge in [-0.1, -0.05) is 47.5 Å². The molecule has 0 spiro atoms. The molecule has 3 aromatic rings. The number of nitrogens with zero attached hydrogens (tertiary/aromatic N) is 2. The summed E-state index contributed by atoms with van der Waals surface area (Å²) in [6.07, 6.45) is 1.61. The molecule has 0 radical (unpaired) electrons. The van der Waals surface area contributed by atoms with Crippen LogP contribution in [0.1, 0.15) is 17.0 Å². The summed E-state index contributed by atoms with van der Waals surface area (Å²) in [6, 6.07) is 16.3. The minimum Gasteiger partial charge on any atom is -0.316 e. The number of carbonyl (C=O) groups excluding carboxylic acids is 2. The van der Waals surface area contributed by atoms with Gasteiger partial charge in [-0.05, 0) is 55.8 Å². The average molecular weight is 426 g/mol. The second kappa shape index (κ2) is 7.43. The van der Waals surface area contributed by atoms with Crippen LogP contribution in [0.5, 0.6) is 0 Å². The summed E-state index contributed by atoms with van der Waals surface area (Å²) in [5, 5.41) is 2.15. The molecule has 7 heteroatoms. The maximum Gasteiger partial charge on any atom is 0.282 e. The minimum absolute atomic E-state index is 0.0753. The summed E-state index contributed by atoms with van der Waals surface area (Å²) in [5.74, 6) is -0.837. The van der Waals surface area contributed by atoms with Gasteiger partial charge in [-0.15, -0.1) is 0 Å². The van der Waals surface area contributed by atoms with Gasteiger partial charge < -0.3 is 4.57 Å². The number of hydrogen-bond donors (Lipinski definition) is 1. The summed E-state index contributed by atoms with van der Waals surface area (Å²) in [4.78, 5) is 25.3. The molecular formula is C22H17Cl2N3O2. The molecule has 2 amide bonds. The molecule has 1 aromatic heterocycles. The molecule has 5 nitrogen and oxygen atoms in total. The predicted molar refractivity (Wildman–Crippen MR) is 115 cm³/mol. The van der Waals surface area contributed by atoms with E-state index in [2.05, 4.69) is 5.43 Å². The van der Waals surface area contributed by atoms with E-state index in [4.69, 9.17) is 23.2 Å². The van der Waals surface area contributed by atoms with E-state index in [-0.39, 0.29) is 5.57 Å². The molecule has 29 heavy (non-hydrogen) atoms. The number of anilines is 1. The van der Waals surface area contributed by atoms with Gasteiger partial charge in [0.15, 0.2) is 0 Å². The SMILES string of the molecule is Cc1cc(C=C2C(=O)NN(c3ccccc3)C2=O)c(C)n1-c1cccc(Cl)c1Cl. The third-order valence-corrected chi connectivity index (χ3v) is 5.66. The Bertz CT molecular complexity index is 1170. The van der Waals surface area contributed by atoms with Crippen molar-refractivity contribution < 1.29 is 9.59 Å². The third kappa shape index (κ3) is 3.33. The number of halogens is 2. The van der Waals surface area contributed by atoms with Crippen LogP contribution in [0, 0.1) is 13.8 Å². The number of aryl methyl sites for hydroxylation is 1. The van der Waals surface area contributed by atoms with Gasteiger partial charge >= 0.3 is 0 Å². The summed E-state index contributed by atoms with van der Waals surface area (Å²) in [7, 11) is 0. The maximum absolute atomic E-state index is 12.8. The van der Waals surface area contributed by atoms with Gasteiger partial charge in [-0.3, -0.25) is 15.0 Å². The summed E-state index contributed by atoms with van der Waals surface area (Å²) >= 11 is 12.6. The summed E-state index contributed by atoms with van der Waals surface area (Å²) < 4.78 is 1.95. The number of carbonyl (C=O) groups is 2. The highest BCUT2D eigenvalue weighted by molar-refractivity contribution is 6.43. The van der Waals surface area contributed by atoms with Gasteiger partial charge in [0.2, 0.25) is 0 Å². The van der Waals surface area contributed by atoms with E-state index in [1.807, 2.05) is 42.7 Å². The molecule has 1 aliphatic rings. The molecule has 0 unspecified atom stereocenters. The van der Waals surface area contributed by atoms with E-state index in [0.717, 1.165) is 22.6 Å². The molecule has 0 bridgehead atoms. The monoisotopic (exact) mass is 425 g/mol. The first kappa shape index (κ1) is 19.3. The fourth-order valence-electron chi connectivity index (χ4n) is 3.44. The second-order valence-corrected chi connectivity index (χ2v) is 7.50. The summed E-state index contributed by atoms with van der Waals surface area (Å²) in [6.45, 7) is 3.84. The average Bonchev–Trinajstić information content (AvgIpc) is 3.15. The highest BCUT2D eigenvalue weighted by Gasteiger charge is 2.34. The number of para-hydroxylation sites is 1. The zero-order valence-electron chi connectivity index (χ0n) is 15.7. The van der Waals surface area contributed by atoms with Crippen molar-refractivity contribution in [1.29, 1.82) is 0 Å². The lowest BCUT2D eigenvalue weighted by atomic mass is 10.1. The molecule has 1 fully saturated rings. The van der Waals surface area contributed by atoms with Crippen molar-refractivity contribution >= 4 is 46.8 Å². The van der Waals surface area contributed by atoms with Gasteiger partial charge in [0, 0.05) is 11.4 Å². The topological polar surface area (TPSA) is 54.3 Å². The van der Waals surface area contributed by atoms with Crippen molar-refractivity contribution in [2.45, 2.75) is 13.8 Å². The van der Waals surface area contributed by atoms with Gasteiger partial charge in [0.05, 0.1) is 21.4 Å². The largest absolute Gasteiger partial charge is 0.316 e. The van der Waals surface area contributed by atoms with Crippen LogP contribution in [0.15, 0.2) is 60.2 Å². The Labute approximate surface area is 178 Å². The van der Waals surface area contributed by atoms with Gasteiger partial charge in [-0.2, -0.15) is 0 Å². The van der Waals surface area contributed by atoms with Gasteiger partial charge in [0.1, 0.15) is 5.57 Å². The van der Waals surface area contributed by atoms with Crippen LogP contribution in [-0.4, -0.2) is 16.4 Å². The van der Waals surface area contributed by atoms with Crippen LogP contribution in [0.25, 0.3) is 11.8 Å². The van der Waals surface area contributed by atoms with E-state index >= 15 is 0 Å². The first-order valence-corrected chi connectivity index (χ1v) is 9.69. The van der Waals surface area contributed by atoms with Crippen LogP contribution in [-0.2, 0) is 9.59 Å². The number of benzene rings is 2. The highest BCUT2D eigenvalue weighted by Crippen LogP contribution is 2.32. The van der Waals surface area contributed by atoms with Crippen molar-refractivity contribution in [3.8, 4) is 5.69 Å². The van der Waals surface area contributed by atoms with E-state index in [1.165, 1.54) is 5.01 Å². The van der Waals surface area contributed by atoms with E-state index < -0.39 is 11.8 Å².